The van der Waals surface area contributed by atoms with Crippen LogP contribution >= 0.6 is 11.6 Å². The van der Waals surface area contributed by atoms with Gasteiger partial charge < -0.3 is 18.9 Å². The molecule has 0 radical (unpaired) electrons. The molecule has 0 amide bonds. The Kier molecular flexibility index (Phi) is 4.33. The summed E-state index contributed by atoms with van der Waals surface area (Å²) in [5.41, 5.74) is 0.780. The molecule has 1 aromatic heterocycles. The second-order valence-corrected chi connectivity index (χ2v) is 6.88. The third-order valence-electron chi connectivity index (χ3n) is 4.48. The first-order chi connectivity index (χ1) is 11.7. The molecule has 128 valence electrons. The van der Waals surface area contributed by atoms with Crippen LogP contribution in [0.4, 0.5) is 0 Å². The number of nitrogens with zero attached hydrogens (tertiary/aromatic N) is 3. The van der Waals surface area contributed by atoms with Gasteiger partial charge in [-0.1, -0.05) is 16.8 Å². The van der Waals surface area contributed by atoms with E-state index in [0.29, 0.717) is 47.4 Å². The van der Waals surface area contributed by atoms with E-state index in [9.17, 15) is 0 Å². The highest BCUT2D eigenvalue weighted by Gasteiger charge is 2.23. The van der Waals surface area contributed by atoms with Crippen molar-refractivity contribution >= 4 is 11.6 Å². The Morgan fingerprint density at radius 3 is 3.00 bits per heavy atom. The molecule has 0 saturated carbocycles. The molecule has 2 aromatic rings. The van der Waals surface area contributed by atoms with E-state index in [0.717, 1.165) is 31.5 Å². The maximum atomic E-state index is 6.33. The minimum atomic E-state index is 0.508. The quantitative estimate of drug-likeness (QED) is 0.848. The summed E-state index contributed by atoms with van der Waals surface area (Å²) in [7, 11) is 2.14. The standard InChI is InChI=1S/C17H20ClN3O3/c1-21-4-3-11(10-21)7-15-19-17(20-24-15)12-8-13(18)16-14(9-12)22-5-2-6-23-16/h8-9,11H,2-7,10H2,1H3/t11-/m1/s1. The van der Waals surface area contributed by atoms with Crippen LogP contribution in [-0.4, -0.2) is 48.4 Å². The van der Waals surface area contributed by atoms with Crippen molar-refractivity contribution in [3.8, 4) is 22.9 Å². The molecule has 0 bridgehead atoms. The molecule has 0 spiro atoms. The van der Waals surface area contributed by atoms with Crippen molar-refractivity contribution in [2.75, 3.05) is 33.4 Å². The van der Waals surface area contributed by atoms with Crippen LogP contribution in [0.5, 0.6) is 11.5 Å². The van der Waals surface area contributed by atoms with Crippen LogP contribution in [0, 0.1) is 5.92 Å². The Balaban J connectivity index is 1.56. The average Bonchev–Trinajstić information content (AvgIpc) is 3.11. The van der Waals surface area contributed by atoms with Crippen molar-refractivity contribution in [1.29, 1.82) is 0 Å². The first-order valence-electron chi connectivity index (χ1n) is 8.29. The molecule has 1 fully saturated rings. The lowest BCUT2D eigenvalue weighted by Crippen LogP contribution is -2.15. The average molecular weight is 350 g/mol. The molecule has 0 unspecified atom stereocenters. The number of likely N-dealkylation sites (tertiary alicyclic amines) is 1. The Morgan fingerprint density at radius 2 is 2.17 bits per heavy atom. The normalized spacial score (nSPS) is 21.0. The lowest BCUT2D eigenvalue weighted by Gasteiger charge is -2.10. The molecule has 1 aromatic carbocycles. The first kappa shape index (κ1) is 15.7. The van der Waals surface area contributed by atoms with Crippen LogP contribution in [0.1, 0.15) is 18.7 Å². The van der Waals surface area contributed by atoms with E-state index in [1.807, 2.05) is 6.07 Å². The molecule has 2 aliphatic rings. The van der Waals surface area contributed by atoms with Gasteiger partial charge in [0, 0.05) is 24.9 Å². The molecule has 7 heteroatoms. The zero-order valence-corrected chi connectivity index (χ0v) is 14.4. The smallest absolute Gasteiger partial charge is 0.227 e. The minimum Gasteiger partial charge on any atom is -0.489 e. The first-order valence-corrected chi connectivity index (χ1v) is 8.67. The van der Waals surface area contributed by atoms with Gasteiger partial charge in [0.1, 0.15) is 0 Å². The van der Waals surface area contributed by atoms with Crippen molar-refractivity contribution in [3.05, 3.63) is 23.0 Å². The number of hydrogen-bond acceptors (Lipinski definition) is 6. The highest BCUT2D eigenvalue weighted by Crippen LogP contribution is 2.40. The van der Waals surface area contributed by atoms with E-state index < -0.39 is 0 Å². The second-order valence-electron chi connectivity index (χ2n) is 6.47. The van der Waals surface area contributed by atoms with Gasteiger partial charge in [-0.3, -0.25) is 0 Å². The zero-order valence-electron chi connectivity index (χ0n) is 13.6. The van der Waals surface area contributed by atoms with Gasteiger partial charge in [0.25, 0.3) is 0 Å². The summed E-state index contributed by atoms with van der Waals surface area (Å²) in [6.45, 7) is 3.42. The fourth-order valence-corrected chi connectivity index (χ4v) is 3.52. The van der Waals surface area contributed by atoms with Gasteiger partial charge in [0.15, 0.2) is 11.5 Å². The summed E-state index contributed by atoms with van der Waals surface area (Å²) in [5, 5.41) is 4.61. The Morgan fingerprint density at radius 1 is 1.29 bits per heavy atom. The second kappa shape index (κ2) is 6.61. The van der Waals surface area contributed by atoms with Crippen molar-refractivity contribution in [2.45, 2.75) is 19.3 Å². The number of benzene rings is 1. The largest absolute Gasteiger partial charge is 0.489 e. The summed E-state index contributed by atoms with van der Waals surface area (Å²) in [5.74, 6) is 3.02. The predicted octanol–water partition coefficient (Wildman–Crippen LogP) is 3.05. The van der Waals surface area contributed by atoms with Crippen LogP contribution < -0.4 is 9.47 Å². The van der Waals surface area contributed by atoms with Crippen molar-refractivity contribution in [1.82, 2.24) is 15.0 Å². The molecule has 6 nitrogen and oxygen atoms in total. The van der Waals surface area contributed by atoms with Gasteiger partial charge in [-0.15, -0.1) is 0 Å². The van der Waals surface area contributed by atoms with Gasteiger partial charge >= 0.3 is 0 Å². The minimum absolute atomic E-state index is 0.508. The van der Waals surface area contributed by atoms with E-state index in [1.54, 1.807) is 6.07 Å². The highest BCUT2D eigenvalue weighted by molar-refractivity contribution is 6.32. The van der Waals surface area contributed by atoms with E-state index >= 15 is 0 Å². The number of fused-ring (bicyclic) bond motifs is 1. The van der Waals surface area contributed by atoms with Gasteiger partial charge in [-0.2, -0.15) is 4.98 Å². The van der Waals surface area contributed by atoms with Crippen LogP contribution in [0.25, 0.3) is 11.4 Å². The Hall–Kier alpha value is -1.79. The molecule has 2 aliphatic heterocycles. The van der Waals surface area contributed by atoms with Crippen molar-refractivity contribution in [3.63, 3.8) is 0 Å². The topological polar surface area (TPSA) is 60.6 Å². The molecule has 3 heterocycles. The SMILES string of the molecule is CN1CC[C@H](Cc2nc(-c3cc(Cl)c4c(c3)OCCCO4)no2)C1. The van der Waals surface area contributed by atoms with Gasteiger partial charge in [-0.25, -0.2) is 0 Å². The van der Waals surface area contributed by atoms with E-state index in [-0.39, 0.29) is 0 Å². The van der Waals surface area contributed by atoms with Crippen molar-refractivity contribution in [2.24, 2.45) is 5.92 Å². The van der Waals surface area contributed by atoms with E-state index in [4.69, 9.17) is 25.6 Å². The van der Waals surface area contributed by atoms with Crippen LogP contribution in [0.15, 0.2) is 16.7 Å². The molecule has 4 rings (SSSR count). The Bertz CT molecular complexity index is 734. The number of aromatic nitrogens is 2. The third-order valence-corrected chi connectivity index (χ3v) is 4.76. The summed E-state index contributed by atoms with van der Waals surface area (Å²) < 4.78 is 16.8. The Labute approximate surface area is 145 Å². The van der Waals surface area contributed by atoms with Crippen LogP contribution in [0.2, 0.25) is 5.02 Å². The van der Waals surface area contributed by atoms with Crippen molar-refractivity contribution < 1.29 is 14.0 Å². The molecular formula is C17H20ClN3O3. The number of halogens is 1. The molecule has 24 heavy (non-hydrogen) atoms. The number of ether oxygens (including phenoxy) is 2. The van der Waals surface area contributed by atoms with Crippen LogP contribution in [0.3, 0.4) is 0 Å². The molecule has 0 N–H and O–H groups in total. The van der Waals surface area contributed by atoms with Gasteiger partial charge in [-0.05, 0) is 38.1 Å². The third kappa shape index (κ3) is 3.21. The van der Waals surface area contributed by atoms with E-state index in [2.05, 4.69) is 22.1 Å². The maximum absolute atomic E-state index is 6.33. The van der Waals surface area contributed by atoms with E-state index in [1.165, 1.54) is 6.42 Å². The molecule has 0 aliphatic carbocycles. The molecule has 1 atom stereocenters. The summed E-state index contributed by atoms with van der Waals surface area (Å²) in [6, 6.07) is 3.66. The monoisotopic (exact) mass is 349 g/mol. The fourth-order valence-electron chi connectivity index (χ4n) is 3.25. The summed E-state index contributed by atoms with van der Waals surface area (Å²) in [4.78, 5) is 6.86. The highest BCUT2D eigenvalue weighted by atomic mass is 35.5. The maximum Gasteiger partial charge on any atom is 0.227 e. The van der Waals surface area contributed by atoms with Crippen LogP contribution in [-0.2, 0) is 6.42 Å². The molecular weight excluding hydrogens is 330 g/mol. The lowest BCUT2D eigenvalue weighted by molar-refractivity contribution is 0.297. The van der Waals surface area contributed by atoms with Gasteiger partial charge in [0.2, 0.25) is 11.7 Å². The fraction of sp³-hybridized carbons (Fsp3) is 0.529. The number of hydrogen-bond donors (Lipinski definition) is 0. The number of rotatable bonds is 3. The zero-order chi connectivity index (χ0) is 16.5. The summed E-state index contributed by atoms with van der Waals surface area (Å²) in [6.07, 6.45) is 2.82. The lowest BCUT2D eigenvalue weighted by atomic mass is 10.1. The summed E-state index contributed by atoms with van der Waals surface area (Å²) >= 11 is 6.33. The predicted molar refractivity (Wildman–Crippen MR) is 89.7 cm³/mol. The molecule has 1 saturated heterocycles. The van der Waals surface area contributed by atoms with Gasteiger partial charge in [0.05, 0.1) is 18.2 Å².